The Hall–Kier alpha value is -2.63. The monoisotopic (exact) mass is 339 g/mol. The van der Waals surface area contributed by atoms with E-state index in [1.807, 2.05) is 36.4 Å². The molecule has 0 aliphatic rings. The van der Waals surface area contributed by atoms with Crippen LogP contribution in [0.1, 0.15) is 5.56 Å². The molecule has 0 fully saturated rings. The van der Waals surface area contributed by atoms with Crippen LogP contribution >= 0.6 is 0 Å². The van der Waals surface area contributed by atoms with E-state index < -0.39 is 10.0 Å². The number of aliphatic hydroxyl groups excluding tert-OH is 1. The van der Waals surface area contributed by atoms with Gasteiger partial charge >= 0.3 is 0 Å². The second-order valence-corrected chi connectivity index (χ2v) is 7.00. The molecule has 0 aliphatic carbocycles. The van der Waals surface area contributed by atoms with Crippen LogP contribution < -0.4 is 4.72 Å². The molecule has 122 valence electrons. The Morgan fingerprint density at radius 2 is 1.42 bits per heavy atom. The standard InChI is InChI=1S/C19H17NO3S/c21-14-15-10-12-16(13-11-15)18-8-4-5-9-19(18)20-24(22,23)17-6-2-1-3-7-17/h1-13,20-21H,14H2. The van der Waals surface area contributed by atoms with Crippen molar-refractivity contribution in [3.63, 3.8) is 0 Å². The van der Waals surface area contributed by atoms with Crippen molar-refractivity contribution in [1.29, 1.82) is 0 Å². The van der Waals surface area contributed by atoms with E-state index in [0.717, 1.165) is 16.7 Å². The summed E-state index contributed by atoms with van der Waals surface area (Å²) in [5.41, 5.74) is 2.97. The Balaban J connectivity index is 1.98. The number of nitrogens with one attached hydrogen (secondary N) is 1. The topological polar surface area (TPSA) is 66.4 Å². The van der Waals surface area contributed by atoms with Gasteiger partial charge in [-0.1, -0.05) is 60.7 Å². The van der Waals surface area contributed by atoms with Crippen LogP contribution in [0.2, 0.25) is 0 Å². The van der Waals surface area contributed by atoms with E-state index >= 15 is 0 Å². The summed E-state index contributed by atoms with van der Waals surface area (Å²) in [6.07, 6.45) is 0. The largest absolute Gasteiger partial charge is 0.392 e. The third-order valence-electron chi connectivity index (χ3n) is 3.67. The molecule has 5 heteroatoms. The fourth-order valence-electron chi connectivity index (χ4n) is 2.42. The molecule has 0 spiro atoms. The molecule has 0 unspecified atom stereocenters. The lowest BCUT2D eigenvalue weighted by Crippen LogP contribution is -2.13. The van der Waals surface area contributed by atoms with E-state index in [1.54, 1.807) is 42.5 Å². The van der Waals surface area contributed by atoms with Gasteiger partial charge in [0.25, 0.3) is 10.0 Å². The molecule has 0 atom stereocenters. The summed E-state index contributed by atoms with van der Waals surface area (Å²) >= 11 is 0. The van der Waals surface area contributed by atoms with Crippen molar-refractivity contribution >= 4 is 15.7 Å². The van der Waals surface area contributed by atoms with E-state index in [1.165, 1.54) is 0 Å². The minimum Gasteiger partial charge on any atom is -0.392 e. The summed E-state index contributed by atoms with van der Waals surface area (Å²) in [5, 5.41) is 9.14. The Labute approximate surface area is 141 Å². The van der Waals surface area contributed by atoms with Crippen molar-refractivity contribution < 1.29 is 13.5 Å². The highest BCUT2D eigenvalue weighted by Crippen LogP contribution is 2.29. The van der Waals surface area contributed by atoms with Gasteiger partial charge in [0.15, 0.2) is 0 Å². The van der Waals surface area contributed by atoms with Gasteiger partial charge in [0.2, 0.25) is 0 Å². The fraction of sp³-hybridized carbons (Fsp3) is 0.0526. The number of para-hydroxylation sites is 1. The van der Waals surface area contributed by atoms with Gasteiger partial charge in [-0.15, -0.1) is 0 Å². The van der Waals surface area contributed by atoms with Gasteiger partial charge in [0.05, 0.1) is 17.2 Å². The van der Waals surface area contributed by atoms with Crippen LogP contribution in [0.15, 0.2) is 83.8 Å². The third-order valence-corrected chi connectivity index (χ3v) is 5.05. The first kappa shape index (κ1) is 16.2. The van der Waals surface area contributed by atoms with Gasteiger partial charge in [0.1, 0.15) is 0 Å². The third kappa shape index (κ3) is 3.48. The summed E-state index contributed by atoms with van der Waals surface area (Å²) in [4.78, 5) is 0.218. The van der Waals surface area contributed by atoms with Crippen molar-refractivity contribution in [3.8, 4) is 11.1 Å². The number of benzene rings is 3. The highest BCUT2D eigenvalue weighted by atomic mass is 32.2. The number of hydrogen-bond acceptors (Lipinski definition) is 3. The predicted molar refractivity (Wildman–Crippen MR) is 95.1 cm³/mol. The van der Waals surface area contributed by atoms with E-state index in [4.69, 9.17) is 5.11 Å². The maximum Gasteiger partial charge on any atom is 0.261 e. The Bertz CT molecular complexity index is 920. The molecule has 0 heterocycles. The van der Waals surface area contributed by atoms with Crippen molar-refractivity contribution in [3.05, 3.63) is 84.4 Å². The number of aliphatic hydroxyl groups is 1. The molecular weight excluding hydrogens is 322 g/mol. The van der Waals surface area contributed by atoms with Gasteiger partial charge < -0.3 is 5.11 Å². The number of sulfonamides is 1. The summed E-state index contributed by atoms with van der Waals surface area (Å²) in [6, 6.07) is 22.9. The van der Waals surface area contributed by atoms with Gasteiger partial charge in [-0.05, 0) is 29.3 Å². The molecular formula is C19H17NO3S. The van der Waals surface area contributed by atoms with Crippen LogP contribution in [0.5, 0.6) is 0 Å². The SMILES string of the molecule is O=S(=O)(Nc1ccccc1-c1ccc(CO)cc1)c1ccccc1. The van der Waals surface area contributed by atoms with E-state index in [2.05, 4.69) is 4.72 Å². The van der Waals surface area contributed by atoms with E-state index in [0.29, 0.717) is 5.69 Å². The van der Waals surface area contributed by atoms with Crippen LogP contribution in [0, 0.1) is 0 Å². The summed E-state index contributed by atoms with van der Waals surface area (Å²) < 4.78 is 27.7. The molecule has 4 nitrogen and oxygen atoms in total. The smallest absolute Gasteiger partial charge is 0.261 e. The highest BCUT2D eigenvalue weighted by Gasteiger charge is 2.15. The van der Waals surface area contributed by atoms with Gasteiger partial charge in [-0.3, -0.25) is 4.72 Å². The van der Waals surface area contributed by atoms with E-state index in [-0.39, 0.29) is 11.5 Å². The minimum atomic E-state index is -3.65. The van der Waals surface area contributed by atoms with Gasteiger partial charge in [-0.25, -0.2) is 8.42 Å². The molecule has 3 aromatic carbocycles. The highest BCUT2D eigenvalue weighted by molar-refractivity contribution is 7.92. The first-order valence-electron chi connectivity index (χ1n) is 7.47. The average molecular weight is 339 g/mol. The normalized spacial score (nSPS) is 11.2. The molecule has 24 heavy (non-hydrogen) atoms. The molecule has 3 rings (SSSR count). The zero-order valence-electron chi connectivity index (χ0n) is 12.9. The molecule has 2 N–H and O–H groups in total. The van der Waals surface area contributed by atoms with Crippen LogP contribution in [0.3, 0.4) is 0 Å². The van der Waals surface area contributed by atoms with Crippen LogP contribution in [-0.2, 0) is 16.6 Å². The van der Waals surface area contributed by atoms with Crippen molar-refractivity contribution in [2.75, 3.05) is 4.72 Å². The molecule has 0 bridgehead atoms. The summed E-state index contributed by atoms with van der Waals surface area (Å²) in [7, 11) is -3.65. The van der Waals surface area contributed by atoms with E-state index in [9.17, 15) is 8.42 Å². The predicted octanol–water partition coefficient (Wildman–Crippen LogP) is 3.65. The molecule has 0 aliphatic heterocycles. The molecule has 0 saturated heterocycles. The van der Waals surface area contributed by atoms with Crippen molar-refractivity contribution in [2.24, 2.45) is 0 Å². The van der Waals surface area contributed by atoms with Crippen LogP contribution in [0.4, 0.5) is 5.69 Å². The van der Waals surface area contributed by atoms with Crippen molar-refractivity contribution in [2.45, 2.75) is 11.5 Å². The first-order valence-corrected chi connectivity index (χ1v) is 8.95. The minimum absolute atomic E-state index is 0.0252. The summed E-state index contributed by atoms with van der Waals surface area (Å²) in [6.45, 7) is -0.0252. The lowest BCUT2D eigenvalue weighted by molar-refractivity contribution is 0.282. The average Bonchev–Trinajstić information content (AvgIpc) is 2.63. The van der Waals surface area contributed by atoms with Crippen molar-refractivity contribution in [1.82, 2.24) is 0 Å². The molecule has 0 saturated carbocycles. The Morgan fingerprint density at radius 3 is 2.08 bits per heavy atom. The second kappa shape index (κ2) is 6.86. The quantitative estimate of drug-likeness (QED) is 0.746. The first-order chi connectivity index (χ1) is 11.6. The number of hydrogen-bond donors (Lipinski definition) is 2. The van der Waals surface area contributed by atoms with Gasteiger partial charge in [-0.2, -0.15) is 0 Å². The number of rotatable bonds is 5. The van der Waals surface area contributed by atoms with Crippen LogP contribution in [0.25, 0.3) is 11.1 Å². The lowest BCUT2D eigenvalue weighted by Gasteiger charge is -2.13. The molecule has 3 aromatic rings. The second-order valence-electron chi connectivity index (χ2n) is 5.32. The molecule has 0 aromatic heterocycles. The van der Waals surface area contributed by atoms with Gasteiger partial charge in [0, 0.05) is 5.56 Å². The zero-order valence-corrected chi connectivity index (χ0v) is 13.7. The maximum atomic E-state index is 12.5. The Morgan fingerprint density at radius 1 is 0.792 bits per heavy atom. The summed E-state index contributed by atoms with van der Waals surface area (Å²) in [5.74, 6) is 0. The fourth-order valence-corrected chi connectivity index (χ4v) is 3.52. The number of anilines is 1. The molecule has 0 amide bonds. The molecule has 0 radical (unpaired) electrons. The maximum absolute atomic E-state index is 12.5. The Kier molecular flexibility index (Phi) is 4.64. The van der Waals surface area contributed by atoms with Crippen LogP contribution in [-0.4, -0.2) is 13.5 Å². The zero-order chi connectivity index (χ0) is 17.0. The lowest BCUT2D eigenvalue weighted by atomic mass is 10.0.